The van der Waals surface area contributed by atoms with E-state index in [1.165, 1.54) is 27.8 Å². The van der Waals surface area contributed by atoms with Crippen LogP contribution in [0.2, 0.25) is 0 Å². The lowest BCUT2D eigenvalue weighted by atomic mass is 9.96. The highest BCUT2D eigenvalue weighted by Crippen LogP contribution is 2.41. The van der Waals surface area contributed by atoms with Gasteiger partial charge in [-0.3, -0.25) is 0 Å². The monoisotopic (exact) mass is 346 g/mol. The van der Waals surface area contributed by atoms with Gasteiger partial charge in [-0.1, -0.05) is 54.6 Å². The molecule has 132 valence electrons. The van der Waals surface area contributed by atoms with Gasteiger partial charge in [0.2, 0.25) is 6.29 Å². The highest BCUT2D eigenvalue weighted by atomic mass is 16.6. The van der Waals surface area contributed by atoms with E-state index >= 15 is 0 Å². The van der Waals surface area contributed by atoms with Gasteiger partial charge in [-0.2, -0.15) is 0 Å². The molecule has 0 bridgehead atoms. The fourth-order valence-corrected chi connectivity index (χ4v) is 3.55. The van der Waals surface area contributed by atoms with E-state index < -0.39 is 6.29 Å². The van der Waals surface area contributed by atoms with Crippen LogP contribution in [0.3, 0.4) is 0 Å². The zero-order valence-corrected chi connectivity index (χ0v) is 14.8. The second kappa shape index (κ2) is 7.32. The van der Waals surface area contributed by atoms with Crippen LogP contribution in [0.15, 0.2) is 66.7 Å². The minimum absolute atomic E-state index is 0.169. The van der Waals surface area contributed by atoms with Gasteiger partial charge in [0.25, 0.3) is 0 Å². The van der Waals surface area contributed by atoms with Gasteiger partial charge in [0, 0.05) is 6.61 Å². The molecule has 0 heterocycles. The van der Waals surface area contributed by atoms with Crippen molar-refractivity contribution in [1.29, 1.82) is 0 Å². The summed E-state index contributed by atoms with van der Waals surface area (Å²) in [6.45, 7) is 2.61. The largest absolute Gasteiger partial charge is 0.463 e. The Labute approximate surface area is 153 Å². The predicted molar refractivity (Wildman–Crippen MR) is 103 cm³/mol. The first-order valence-electron chi connectivity index (χ1n) is 8.99. The van der Waals surface area contributed by atoms with Crippen LogP contribution in [0.4, 0.5) is 0 Å². The topological polar surface area (TPSA) is 38.7 Å². The van der Waals surface area contributed by atoms with Gasteiger partial charge in [-0.25, -0.2) is 0 Å². The van der Waals surface area contributed by atoms with Crippen LogP contribution in [-0.2, 0) is 11.2 Å². The number of hydrogen-bond acceptors (Lipinski definition) is 3. The summed E-state index contributed by atoms with van der Waals surface area (Å²) in [5, 5.41) is 9.80. The van der Waals surface area contributed by atoms with Crippen molar-refractivity contribution in [3.63, 3.8) is 0 Å². The summed E-state index contributed by atoms with van der Waals surface area (Å²) in [5.74, 6) is 0.636. The van der Waals surface area contributed by atoms with Crippen LogP contribution in [0.5, 0.6) is 5.75 Å². The molecule has 3 nitrogen and oxygen atoms in total. The van der Waals surface area contributed by atoms with Gasteiger partial charge in [0.05, 0.1) is 0 Å². The van der Waals surface area contributed by atoms with Crippen molar-refractivity contribution in [1.82, 2.24) is 0 Å². The van der Waals surface area contributed by atoms with Gasteiger partial charge in [-0.05, 0) is 58.9 Å². The number of rotatable bonds is 6. The standard InChI is InChI=1S/C23H22O3/c1-2-25-15-23(24)26-18-12-10-16(11-13-18)19-8-5-9-21-20-7-4-3-6-17(20)14-22(19)21/h3-13,23-24H,2,14-15H2,1H3. The van der Waals surface area contributed by atoms with Crippen molar-refractivity contribution in [2.75, 3.05) is 13.2 Å². The van der Waals surface area contributed by atoms with E-state index in [-0.39, 0.29) is 6.61 Å². The van der Waals surface area contributed by atoms with Crippen LogP contribution < -0.4 is 4.74 Å². The molecule has 4 rings (SSSR count). The fraction of sp³-hybridized carbons (Fsp3) is 0.217. The number of aliphatic hydroxyl groups excluding tert-OH is 1. The summed E-state index contributed by atoms with van der Waals surface area (Å²) in [4.78, 5) is 0. The molecule has 1 aliphatic carbocycles. The molecular weight excluding hydrogens is 324 g/mol. The molecule has 1 N–H and O–H groups in total. The molecule has 0 aromatic heterocycles. The summed E-state index contributed by atoms with van der Waals surface area (Å²) in [7, 11) is 0. The van der Waals surface area contributed by atoms with Gasteiger partial charge in [0.15, 0.2) is 0 Å². The molecule has 3 aromatic carbocycles. The maximum atomic E-state index is 9.80. The normalized spacial score (nSPS) is 13.2. The first kappa shape index (κ1) is 16.8. The Morgan fingerprint density at radius 3 is 2.42 bits per heavy atom. The molecule has 0 saturated heterocycles. The van der Waals surface area contributed by atoms with E-state index in [4.69, 9.17) is 9.47 Å². The molecule has 1 unspecified atom stereocenters. The van der Waals surface area contributed by atoms with Crippen molar-refractivity contribution in [2.45, 2.75) is 19.6 Å². The van der Waals surface area contributed by atoms with E-state index in [1.807, 2.05) is 31.2 Å². The number of hydrogen-bond donors (Lipinski definition) is 1. The molecule has 0 radical (unpaired) electrons. The smallest absolute Gasteiger partial charge is 0.221 e. The van der Waals surface area contributed by atoms with Crippen LogP contribution >= 0.6 is 0 Å². The Kier molecular flexibility index (Phi) is 4.74. The Balaban J connectivity index is 1.58. The van der Waals surface area contributed by atoms with Crippen LogP contribution in [0, 0.1) is 0 Å². The summed E-state index contributed by atoms with van der Waals surface area (Å²) in [6.07, 6.45) is 0.0174. The minimum atomic E-state index is -0.948. The molecule has 0 aliphatic heterocycles. The van der Waals surface area contributed by atoms with Gasteiger partial charge < -0.3 is 14.6 Å². The third-order valence-electron chi connectivity index (χ3n) is 4.75. The van der Waals surface area contributed by atoms with Crippen LogP contribution in [0.25, 0.3) is 22.3 Å². The van der Waals surface area contributed by atoms with E-state index in [2.05, 4.69) is 42.5 Å². The van der Waals surface area contributed by atoms with Crippen molar-refractivity contribution < 1.29 is 14.6 Å². The lowest BCUT2D eigenvalue weighted by molar-refractivity contribution is -0.0749. The molecule has 1 aliphatic rings. The molecule has 3 aromatic rings. The van der Waals surface area contributed by atoms with Gasteiger partial charge in [0.1, 0.15) is 12.4 Å². The fourth-order valence-electron chi connectivity index (χ4n) is 3.55. The summed E-state index contributed by atoms with van der Waals surface area (Å²) in [6, 6.07) is 23.0. The average Bonchev–Trinajstić information content (AvgIpc) is 3.06. The zero-order chi connectivity index (χ0) is 17.9. The molecule has 3 heteroatoms. The quantitative estimate of drug-likeness (QED) is 0.516. The molecule has 0 fully saturated rings. The third-order valence-corrected chi connectivity index (χ3v) is 4.75. The van der Waals surface area contributed by atoms with Crippen molar-refractivity contribution in [3.8, 4) is 28.0 Å². The Morgan fingerprint density at radius 2 is 1.62 bits per heavy atom. The SMILES string of the molecule is CCOCC(O)Oc1ccc(-c2cccc3c2Cc2ccccc2-3)cc1. The van der Waals surface area contributed by atoms with Gasteiger partial charge in [-0.15, -0.1) is 0 Å². The maximum absolute atomic E-state index is 9.80. The van der Waals surface area contributed by atoms with Gasteiger partial charge >= 0.3 is 0 Å². The van der Waals surface area contributed by atoms with Crippen molar-refractivity contribution in [3.05, 3.63) is 77.9 Å². The van der Waals surface area contributed by atoms with Crippen molar-refractivity contribution in [2.24, 2.45) is 0 Å². The van der Waals surface area contributed by atoms with E-state index in [0.717, 1.165) is 12.0 Å². The summed E-state index contributed by atoms with van der Waals surface area (Å²) in [5.41, 5.74) is 7.82. The Hall–Kier alpha value is -2.62. The van der Waals surface area contributed by atoms with E-state index in [1.54, 1.807) is 0 Å². The number of aliphatic hydroxyl groups is 1. The first-order chi connectivity index (χ1) is 12.8. The molecular formula is C23H22O3. The minimum Gasteiger partial charge on any atom is -0.463 e. The highest BCUT2D eigenvalue weighted by molar-refractivity contribution is 5.84. The second-order valence-corrected chi connectivity index (χ2v) is 6.42. The summed E-state index contributed by atoms with van der Waals surface area (Å²) < 4.78 is 10.6. The van der Waals surface area contributed by atoms with Crippen LogP contribution in [-0.4, -0.2) is 24.6 Å². The molecule has 1 atom stereocenters. The number of ether oxygens (including phenoxy) is 2. The number of benzene rings is 3. The molecule has 0 amide bonds. The van der Waals surface area contributed by atoms with E-state index in [0.29, 0.717) is 12.4 Å². The first-order valence-corrected chi connectivity index (χ1v) is 8.99. The zero-order valence-electron chi connectivity index (χ0n) is 14.8. The molecule has 26 heavy (non-hydrogen) atoms. The Morgan fingerprint density at radius 1 is 0.885 bits per heavy atom. The third kappa shape index (κ3) is 3.24. The lowest BCUT2D eigenvalue weighted by Crippen LogP contribution is -2.22. The molecule has 0 saturated carbocycles. The van der Waals surface area contributed by atoms with Crippen LogP contribution in [0.1, 0.15) is 18.1 Å². The maximum Gasteiger partial charge on any atom is 0.221 e. The van der Waals surface area contributed by atoms with E-state index in [9.17, 15) is 5.11 Å². The molecule has 0 spiro atoms. The lowest BCUT2D eigenvalue weighted by Gasteiger charge is -2.14. The number of fused-ring (bicyclic) bond motifs is 3. The Bertz CT molecular complexity index is 900. The van der Waals surface area contributed by atoms with Crippen molar-refractivity contribution >= 4 is 0 Å². The second-order valence-electron chi connectivity index (χ2n) is 6.42. The summed E-state index contributed by atoms with van der Waals surface area (Å²) >= 11 is 0. The predicted octanol–water partition coefficient (Wildman–Crippen LogP) is 4.66. The average molecular weight is 346 g/mol. The highest BCUT2D eigenvalue weighted by Gasteiger charge is 2.20.